The molecule has 1 saturated heterocycles. The number of hydrogen-bond donors (Lipinski definition) is 1. The molecule has 1 aliphatic rings. The van der Waals surface area contributed by atoms with Gasteiger partial charge in [-0.1, -0.05) is 12.1 Å². The number of thiophene rings is 1. The molecule has 0 spiro atoms. The molecular formula is C20H19F2N3O4S3. The number of para-hydroxylation sites is 1. The quantitative estimate of drug-likeness (QED) is 0.495. The van der Waals surface area contributed by atoms with Crippen molar-refractivity contribution in [3.63, 3.8) is 0 Å². The smallest absolute Gasteiger partial charge is 0.387 e. The minimum Gasteiger partial charge on any atom is -0.434 e. The van der Waals surface area contributed by atoms with E-state index >= 15 is 0 Å². The number of halogens is 2. The van der Waals surface area contributed by atoms with Gasteiger partial charge in [0.1, 0.15) is 9.96 Å². The van der Waals surface area contributed by atoms with Crippen LogP contribution < -0.4 is 10.1 Å². The summed E-state index contributed by atoms with van der Waals surface area (Å²) in [6.45, 7) is -1.92. The number of benzene rings is 1. The van der Waals surface area contributed by atoms with Crippen molar-refractivity contribution >= 4 is 43.7 Å². The fraction of sp³-hybridized carbons (Fsp3) is 0.300. The van der Waals surface area contributed by atoms with E-state index in [4.69, 9.17) is 0 Å². The van der Waals surface area contributed by atoms with Crippen LogP contribution in [0.15, 0.2) is 46.0 Å². The highest BCUT2D eigenvalue weighted by atomic mass is 32.2. The highest BCUT2D eigenvalue weighted by Gasteiger charge is 2.28. The van der Waals surface area contributed by atoms with Crippen LogP contribution in [0.1, 0.15) is 17.7 Å². The molecule has 12 heteroatoms. The first kappa shape index (κ1) is 22.8. The third kappa shape index (κ3) is 5.14. The van der Waals surface area contributed by atoms with Gasteiger partial charge in [0.25, 0.3) is 10.0 Å². The Morgan fingerprint density at radius 1 is 1.19 bits per heavy atom. The van der Waals surface area contributed by atoms with Crippen LogP contribution in [0.5, 0.6) is 5.75 Å². The fourth-order valence-corrected chi connectivity index (χ4v) is 7.05. The zero-order valence-electron chi connectivity index (χ0n) is 16.7. The van der Waals surface area contributed by atoms with Crippen molar-refractivity contribution < 1.29 is 26.7 Å². The van der Waals surface area contributed by atoms with Gasteiger partial charge in [0.15, 0.2) is 5.13 Å². The van der Waals surface area contributed by atoms with Gasteiger partial charge in [-0.3, -0.25) is 4.79 Å². The molecule has 3 aromatic rings. The second-order valence-corrected chi connectivity index (χ2v) is 11.2. The molecule has 170 valence electrons. The van der Waals surface area contributed by atoms with E-state index < -0.39 is 16.6 Å². The van der Waals surface area contributed by atoms with E-state index in [0.29, 0.717) is 34.4 Å². The molecule has 1 amide bonds. The van der Waals surface area contributed by atoms with Gasteiger partial charge in [-0.05, 0) is 37.1 Å². The van der Waals surface area contributed by atoms with Gasteiger partial charge < -0.3 is 10.1 Å². The maximum absolute atomic E-state index is 12.6. The van der Waals surface area contributed by atoms with Gasteiger partial charge in [-0.25, -0.2) is 13.4 Å². The Bertz CT molecular complexity index is 1200. The average Bonchev–Trinajstić information content (AvgIpc) is 3.50. The van der Waals surface area contributed by atoms with Crippen LogP contribution in [0.4, 0.5) is 13.9 Å². The number of thiazole rings is 1. The average molecular weight is 500 g/mol. The highest BCUT2D eigenvalue weighted by Crippen LogP contribution is 2.33. The Hall–Kier alpha value is -2.41. The van der Waals surface area contributed by atoms with Crippen LogP contribution in [0.3, 0.4) is 0 Å². The molecule has 1 fully saturated rings. The largest absolute Gasteiger partial charge is 0.434 e. The van der Waals surface area contributed by atoms with Crippen molar-refractivity contribution in [2.75, 3.05) is 18.4 Å². The number of nitrogens with zero attached hydrogens (tertiary/aromatic N) is 2. The summed E-state index contributed by atoms with van der Waals surface area (Å²) in [7, 11) is -3.51. The number of aromatic nitrogens is 1. The number of alkyl halides is 2. The van der Waals surface area contributed by atoms with Crippen molar-refractivity contribution in [3.05, 3.63) is 46.7 Å². The zero-order chi connectivity index (χ0) is 22.7. The van der Waals surface area contributed by atoms with Crippen molar-refractivity contribution in [1.82, 2.24) is 9.29 Å². The molecule has 0 saturated carbocycles. The predicted octanol–water partition coefficient (Wildman–Crippen LogP) is 4.44. The second-order valence-electron chi connectivity index (χ2n) is 6.97. The van der Waals surface area contributed by atoms with Crippen LogP contribution in [0.2, 0.25) is 0 Å². The summed E-state index contributed by atoms with van der Waals surface area (Å²) in [6.07, 6.45) is 1.71. The van der Waals surface area contributed by atoms with E-state index in [-0.39, 0.29) is 22.3 Å². The summed E-state index contributed by atoms with van der Waals surface area (Å²) in [5.74, 6) is -0.356. The Kier molecular flexibility index (Phi) is 6.84. The minimum absolute atomic E-state index is 0.000179. The first-order chi connectivity index (χ1) is 15.3. The molecule has 0 radical (unpaired) electrons. The molecule has 32 heavy (non-hydrogen) atoms. The lowest BCUT2D eigenvalue weighted by molar-refractivity contribution is -0.115. The van der Waals surface area contributed by atoms with E-state index in [1.165, 1.54) is 16.4 Å². The number of nitrogens with one attached hydrogen (secondary N) is 1. The van der Waals surface area contributed by atoms with Crippen molar-refractivity contribution in [2.45, 2.75) is 30.1 Å². The van der Waals surface area contributed by atoms with Gasteiger partial charge >= 0.3 is 6.61 Å². The number of amides is 1. The van der Waals surface area contributed by atoms with Crippen LogP contribution in [-0.4, -0.2) is 43.3 Å². The third-order valence-corrected chi connectivity index (χ3v) is 8.97. The summed E-state index contributed by atoms with van der Waals surface area (Å²) >= 11 is 2.23. The maximum atomic E-state index is 12.6. The van der Waals surface area contributed by atoms with E-state index in [1.54, 1.807) is 29.6 Å². The van der Waals surface area contributed by atoms with Gasteiger partial charge in [0.05, 0.1) is 12.1 Å². The van der Waals surface area contributed by atoms with E-state index in [0.717, 1.165) is 35.5 Å². The van der Waals surface area contributed by atoms with Gasteiger partial charge in [0, 0.05) is 28.9 Å². The number of carbonyl (C=O) groups is 1. The number of sulfonamides is 1. The van der Waals surface area contributed by atoms with Crippen molar-refractivity contribution in [2.24, 2.45) is 0 Å². The lowest BCUT2D eigenvalue weighted by atomic mass is 10.1. The predicted molar refractivity (Wildman–Crippen MR) is 119 cm³/mol. The van der Waals surface area contributed by atoms with Crippen LogP contribution in [-0.2, 0) is 21.2 Å². The van der Waals surface area contributed by atoms with Gasteiger partial charge in [-0.2, -0.15) is 13.1 Å². The van der Waals surface area contributed by atoms with Gasteiger partial charge in [0.2, 0.25) is 5.91 Å². The number of ether oxygens (including phenoxy) is 1. The first-order valence-corrected chi connectivity index (χ1v) is 12.8. The summed E-state index contributed by atoms with van der Waals surface area (Å²) < 4.78 is 56.7. The van der Waals surface area contributed by atoms with E-state index in [1.807, 2.05) is 0 Å². The van der Waals surface area contributed by atoms with Crippen LogP contribution in [0, 0.1) is 0 Å². The molecule has 0 unspecified atom stereocenters. The van der Waals surface area contributed by atoms with Crippen LogP contribution in [0.25, 0.3) is 11.3 Å². The fourth-order valence-electron chi connectivity index (χ4n) is 3.30. The normalized spacial score (nSPS) is 14.7. The molecule has 4 rings (SSSR count). The lowest BCUT2D eigenvalue weighted by Crippen LogP contribution is -2.27. The molecule has 1 aromatic carbocycles. The summed E-state index contributed by atoms with van der Waals surface area (Å²) in [6, 6.07) is 9.45. The minimum atomic E-state index is -3.51. The molecule has 7 nitrogen and oxygen atoms in total. The molecule has 1 N–H and O–H groups in total. The molecule has 2 aromatic heterocycles. The van der Waals surface area contributed by atoms with E-state index in [2.05, 4.69) is 15.0 Å². The second kappa shape index (κ2) is 9.61. The number of anilines is 1. The molecular weight excluding hydrogens is 480 g/mol. The Morgan fingerprint density at radius 2 is 1.94 bits per heavy atom. The summed E-state index contributed by atoms with van der Waals surface area (Å²) in [5.41, 5.74) is 0.788. The van der Waals surface area contributed by atoms with Gasteiger partial charge in [-0.15, -0.1) is 22.7 Å². The Labute approximate surface area is 191 Å². The molecule has 3 heterocycles. The molecule has 1 aliphatic heterocycles. The summed E-state index contributed by atoms with van der Waals surface area (Å²) in [4.78, 5) is 17.3. The van der Waals surface area contributed by atoms with Crippen molar-refractivity contribution in [3.8, 4) is 17.0 Å². The van der Waals surface area contributed by atoms with E-state index in [9.17, 15) is 22.0 Å². The Balaban J connectivity index is 1.41. The SMILES string of the molecule is O=C(Cc1ccc(S(=O)(=O)N2CCCC2)s1)Nc1nc(-c2ccccc2OC(F)F)cs1. The van der Waals surface area contributed by atoms with Crippen molar-refractivity contribution in [1.29, 1.82) is 0 Å². The number of rotatable bonds is 8. The standard InChI is InChI=1S/C20H19F2N3O4S3/c21-19(22)29-16-6-2-1-5-14(16)15-12-30-20(23-15)24-17(26)11-13-7-8-18(31-13)32(27,28)25-9-3-4-10-25/h1-2,5-8,12,19H,3-4,9-11H2,(H,23,24,26). The lowest BCUT2D eigenvalue weighted by Gasteiger charge is -2.13. The topological polar surface area (TPSA) is 88.6 Å². The summed E-state index contributed by atoms with van der Waals surface area (Å²) in [5, 5.41) is 4.61. The molecule has 0 aliphatic carbocycles. The molecule has 0 atom stereocenters. The zero-order valence-corrected chi connectivity index (χ0v) is 19.1. The number of hydrogen-bond acceptors (Lipinski definition) is 7. The highest BCUT2D eigenvalue weighted by molar-refractivity contribution is 7.91. The molecule has 0 bridgehead atoms. The third-order valence-electron chi connectivity index (χ3n) is 4.76. The first-order valence-electron chi connectivity index (χ1n) is 9.71. The Morgan fingerprint density at radius 3 is 2.69 bits per heavy atom. The number of carbonyl (C=O) groups excluding carboxylic acids is 1. The monoisotopic (exact) mass is 499 g/mol. The van der Waals surface area contributed by atoms with Crippen LogP contribution >= 0.6 is 22.7 Å². The maximum Gasteiger partial charge on any atom is 0.387 e.